The molecule has 88 valence electrons. The Kier molecular flexibility index (Phi) is 7.58. The Labute approximate surface area is 90.7 Å². The summed E-state index contributed by atoms with van der Waals surface area (Å²) in [7, 11) is 1.24. The number of carbonyl (C=O) groups excluding carboxylic acids is 1. The lowest BCUT2D eigenvalue weighted by Crippen LogP contribution is -2.30. The number of unbranched alkanes of at least 4 members (excludes halogenated alkanes) is 1. The average molecular weight is 216 g/mol. The smallest absolute Gasteiger partial charge is 0.432 e. The molecule has 0 heterocycles. The van der Waals surface area contributed by atoms with Crippen LogP contribution in [-0.4, -0.2) is 24.8 Å². The number of carbonyl (C=O) groups is 1. The largest absolute Gasteiger partial charge is 0.451 e. The lowest BCUT2D eigenvalue weighted by atomic mass is 9.99. The third kappa shape index (κ3) is 5.34. The number of hydrogen-bond acceptors (Lipinski definition) is 4. The van der Waals surface area contributed by atoms with Crippen LogP contribution in [0.5, 0.6) is 0 Å². The molecule has 0 aromatic rings. The second kappa shape index (κ2) is 8.20. The first-order valence-corrected chi connectivity index (χ1v) is 5.38. The molecule has 1 amide bonds. The Balaban J connectivity index is 4.11. The van der Waals surface area contributed by atoms with Gasteiger partial charge in [-0.25, -0.2) is 4.79 Å². The van der Waals surface area contributed by atoms with E-state index in [1.54, 1.807) is 0 Å². The molecule has 0 radical (unpaired) electrons. The molecule has 0 aromatic heterocycles. The second-order valence-electron chi connectivity index (χ2n) is 3.55. The highest BCUT2D eigenvalue weighted by Gasteiger charge is 2.18. The number of hydrogen-bond donors (Lipinski definition) is 0. The topological polar surface area (TPSA) is 59.0 Å². The Morgan fingerprint density at radius 3 is 2.53 bits per heavy atom. The van der Waals surface area contributed by atoms with Gasteiger partial charge in [-0.05, 0) is 12.3 Å². The summed E-state index contributed by atoms with van der Waals surface area (Å²) in [5, 5.41) is 3.51. The molecule has 5 nitrogen and oxygen atoms in total. The van der Waals surface area contributed by atoms with E-state index in [2.05, 4.69) is 16.9 Å². The zero-order chi connectivity index (χ0) is 11.7. The molecule has 0 aliphatic carbocycles. The fourth-order valence-corrected chi connectivity index (χ4v) is 1.41. The van der Waals surface area contributed by atoms with Gasteiger partial charge in [-0.3, -0.25) is 0 Å². The normalized spacial score (nSPS) is 11.9. The minimum Gasteiger partial charge on any atom is -0.451 e. The minimum absolute atomic E-state index is 0.321. The maximum atomic E-state index is 11.1. The molecule has 1 atom stereocenters. The van der Waals surface area contributed by atoms with Crippen LogP contribution in [0.2, 0.25) is 0 Å². The van der Waals surface area contributed by atoms with E-state index >= 15 is 0 Å². The van der Waals surface area contributed by atoms with E-state index in [1.165, 1.54) is 7.11 Å². The number of nitrogens with zero attached hydrogens (tertiary/aromatic N) is 2. The maximum absolute atomic E-state index is 11.1. The van der Waals surface area contributed by atoms with Crippen molar-refractivity contribution < 1.29 is 9.53 Å². The van der Waals surface area contributed by atoms with Gasteiger partial charge in [0.1, 0.15) is 0 Å². The molecule has 0 spiro atoms. The van der Waals surface area contributed by atoms with E-state index < -0.39 is 6.09 Å². The van der Waals surface area contributed by atoms with Crippen LogP contribution in [0, 0.1) is 10.8 Å². The van der Waals surface area contributed by atoms with Gasteiger partial charge in [0, 0.05) is 0 Å². The quantitative estimate of drug-likeness (QED) is 0.485. The van der Waals surface area contributed by atoms with E-state index in [-0.39, 0.29) is 0 Å². The summed E-state index contributed by atoms with van der Waals surface area (Å²) in [6, 6.07) is 0. The van der Waals surface area contributed by atoms with Gasteiger partial charge in [0.25, 0.3) is 0 Å². The van der Waals surface area contributed by atoms with E-state index in [4.69, 9.17) is 0 Å². The van der Waals surface area contributed by atoms with Crippen LogP contribution in [0.25, 0.3) is 0 Å². The maximum Gasteiger partial charge on any atom is 0.432 e. The standard InChI is InChI=1S/C10H20N2O3/c1-4-6-7-9(5-2)8-12(11-14)10(13)15-3/h9H,4-8H2,1-3H3/t9-/m1/s1. The summed E-state index contributed by atoms with van der Waals surface area (Å²) in [6.07, 6.45) is 3.48. The molecule has 15 heavy (non-hydrogen) atoms. The molecule has 5 heteroatoms. The van der Waals surface area contributed by atoms with Crippen LogP contribution in [-0.2, 0) is 4.74 Å². The molecule has 0 saturated carbocycles. The summed E-state index contributed by atoms with van der Waals surface area (Å²) < 4.78 is 4.45. The summed E-state index contributed by atoms with van der Waals surface area (Å²) >= 11 is 0. The molecule has 0 aliphatic rings. The van der Waals surface area contributed by atoms with Gasteiger partial charge < -0.3 is 4.74 Å². The first kappa shape index (κ1) is 13.9. The molecule has 0 aromatic carbocycles. The lowest BCUT2D eigenvalue weighted by Gasteiger charge is -2.18. The summed E-state index contributed by atoms with van der Waals surface area (Å²) in [4.78, 5) is 21.5. The number of amides is 1. The Morgan fingerprint density at radius 2 is 2.13 bits per heavy atom. The minimum atomic E-state index is -0.681. The Bertz CT molecular complexity index is 197. The van der Waals surface area contributed by atoms with E-state index in [0.29, 0.717) is 12.5 Å². The van der Waals surface area contributed by atoms with Gasteiger partial charge in [0.15, 0.2) is 0 Å². The Morgan fingerprint density at radius 1 is 1.47 bits per heavy atom. The summed E-state index contributed by atoms with van der Waals surface area (Å²) in [5.74, 6) is 0.321. The first-order chi connectivity index (χ1) is 7.19. The summed E-state index contributed by atoms with van der Waals surface area (Å²) in [5.41, 5.74) is 0. The zero-order valence-electron chi connectivity index (χ0n) is 9.73. The number of nitroso groups, excluding NO2 is 1. The molecule has 0 saturated heterocycles. The van der Waals surface area contributed by atoms with Crippen molar-refractivity contribution in [2.24, 2.45) is 11.2 Å². The highest BCUT2D eigenvalue weighted by Crippen LogP contribution is 2.14. The van der Waals surface area contributed by atoms with Crippen molar-refractivity contribution in [3.63, 3.8) is 0 Å². The van der Waals surface area contributed by atoms with Gasteiger partial charge in [0.2, 0.25) is 0 Å². The average Bonchev–Trinajstić information content (AvgIpc) is 2.28. The van der Waals surface area contributed by atoms with E-state index in [0.717, 1.165) is 30.7 Å². The third-order valence-corrected chi connectivity index (χ3v) is 2.46. The fourth-order valence-electron chi connectivity index (χ4n) is 1.41. The fraction of sp³-hybridized carbons (Fsp3) is 0.900. The van der Waals surface area contributed by atoms with Gasteiger partial charge in [-0.1, -0.05) is 33.1 Å². The molecular weight excluding hydrogens is 196 g/mol. The van der Waals surface area contributed by atoms with Gasteiger partial charge in [0.05, 0.1) is 18.9 Å². The van der Waals surface area contributed by atoms with E-state index in [9.17, 15) is 9.70 Å². The SMILES string of the molecule is CCCC[C@@H](CC)CN(N=O)C(=O)OC. The molecular formula is C10H20N2O3. The van der Waals surface area contributed by atoms with Gasteiger partial charge >= 0.3 is 6.09 Å². The van der Waals surface area contributed by atoms with Crippen molar-refractivity contribution in [2.45, 2.75) is 39.5 Å². The zero-order valence-corrected chi connectivity index (χ0v) is 9.73. The van der Waals surface area contributed by atoms with Gasteiger partial charge in [-0.2, -0.15) is 5.01 Å². The monoisotopic (exact) mass is 216 g/mol. The van der Waals surface area contributed by atoms with E-state index in [1.807, 2.05) is 6.92 Å². The molecule has 0 aliphatic heterocycles. The number of ether oxygens (including phenoxy) is 1. The number of rotatable bonds is 7. The molecule has 0 bridgehead atoms. The Hall–Kier alpha value is -1.13. The molecule has 0 N–H and O–H groups in total. The van der Waals surface area contributed by atoms with Crippen molar-refractivity contribution in [1.82, 2.24) is 5.01 Å². The van der Waals surface area contributed by atoms with Crippen LogP contribution in [0.3, 0.4) is 0 Å². The van der Waals surface area contributed by atoms with Crippen molar-refractivity contribution in [3.05, 3.63) is 4.91 Å². The van der Waals surface area contributed by atoms with Crippen LogP contribution in [0.1, 0.15) is 39.5 Å². The predicted octanol–water partition coefficient (Wildman–Crippen LogP) is 2.95. The first-order valence-electron chi connectivity index (χ1n) is 5.38. The van der Waals surface area contributed by atoms with Crippen LogP contribution < -0.4 is 0 Å². The van der Waals surface area contributed by atoms with Gasteiger partial charge in [-0.15, -0.1) is 4.91 Å². The molecule has 0 fully saturated rings. The van der Waals surface area contributed by atoms with Crippen LogP contribution in [0.4, 0.5) is 4.79 Å². The van der Waals surface area contributed by atoms with Crippen LogP contribution >= 0.6 is 0 Å². The second-order valence-corrected chi connectivity index (χ2v) is 3.55. The van der Waals surface area contributed by atoms with Crippen molar-refractivity contribution >= 4 is 6.09 Å². The van der Waals surface area contributed by atoms with Crippen molar-refractivity contribution in [2.75, 3.05) is 13.7 Å². The van der Waals surface area contributed by atoms with Crippen LogP contribution in [0.15, 0.2) is 5.29 Å². The highest BCUT2D eigenvalue weighted by molar-refractivity contribution is 5.66. The van der Waals surface area contributed by atoms with Crippen molar-refractivity contribution in [1.29, 1.82) is 0 Å². The molecule has 0 unspecified atom stereocenters. The number of methoxy groups -OCH3 is 1. The highest BCUT2D eigenvalue weighted by atomic mass is 16.6. The third-order valence-electron chi connectivity index (χ3n) is 2.46. The van der Waals surface area contributed by atoms with Crippen molar-refractivity contribution in [3.8, 4) is 0 Å². The lowest BCUT2D eigenvalue weighted by molar-refractivity contribution is 0.115. The molecule has 0 rings (SSSR count). The summed E-state index contributed by atoms with van der Waals surface area (Å²) in [6.45, 7) is 4.51. The predicted molar refractivity (Wildman–Crippen MR) is 58.2 cm³/mol.